The highest BCUT2D eigenvalue weighted by Gasteiger charge is 2.34. The molecule has 0 saturated carbocycles. The number of fused-ring (bicyclic) bond motifs is 1. The molecule has 4 aromatic rings. The first kappa shape index (κ1) is 34.6. The zero-order chi connectivity index (χ0) is 35.7. The third-order valence-electron chi connectivity index (χ3n) is 8.30. The van der Waals surface area contributed by atoms with Gasteiger partial charge in [0.05, 0.1) is 30.8 Å². The van der Waals surface area contributed by atoms with Crippen LogP contribution in [-0.2, 0) is 28.7 Å². The Kier molecular flexibility index (Phi) is 9.64. The summed E-state index contributed by atoms with van der Waals surface area (Å²) in [6.45, 7) is 4.59. The average Bonchev–Trinajstić information content (AvgIpc) is 3.56. The van der Waals surface area contributed by atoms with E-state index in [-0.39, 0.29) is 72.9 Å². The molecule has 2 aliphatic rings. The van der Waals surface area contributed by atoms with Crippen LogP contribution in [0.3, 0.4) is 0 Å². The van der Waals surface area contributed by atoms with Gasteiger partial charge < -0.3 is 29.2 Å². The lowest BCUT2D eigenvalue weighted by molar-refractivity contribution is -0.141. The van der Waals surface area contributed by atoms with Crippen molar-refractivity contribution in [2.24, 2.45) is 0 Å². The van der Waals surface area contributed by atoms with Crippen LogP contribution in [0.4, 0.5) is 24.5 Å². The van der Waals surface area contributed by atoms with Gasteiger partial charge in [0.2, 0.25) is 17.5 Å². The number of carbonyl (C=O) groups is 2. The second kappa shape index (κ2) is 13.9. The quantitative estimate of drug-likeness (QED) is 0.266. The van der Waals surface area contributed by atoms with E-state index in [0.717, 1.165) is 23.4 Å². The maximum absolute atomic E-state index is 14.2. The summed E-state index contributed by atoms with van der Waals surface area (Å²) in [5.74, 6) is -0.0957. The molecule has 0 aromatic carbocycles. The Bertz CT molecular complexity index is 2060. The summed E-state index contributed by atoms with van der Waals surface area (Å²) in [5.41, 5.74) is -0.433. The molecule has 19 heteroatoms. The van der Waals surface area contributed by atoms with E-state index in [1.165, 1.54) is 18.0 Å². The molecule has 4 aromatic heterocycles. The number of aryl methyl sites for hydroxylation is 1. The van der Waals surface area contributed by atoms with Gasteiger partial charge in [-0.15, -0.1) is 5.10 Å². The minimum Gasteiger partial charge on any atom is -0.492 e. The monoisotopic (exact) mass is 716 g/mol. The number of rotatable bonds is 8. The maximum atomic E-state index is 14.2. The van der Waals surface area contributed by atoms with Crippen LogP contribution in [-0.4, -0.2) is 90.7 Å². The van der Waals surface area contributed by atoms with Crippen molar-refractivity contribution in [1.29, 1.82) is 0 Å². The van der Waals surface area contributed by atoms with Crippen LogP contribution in [0.1, 0.15) is 53.2 Å². The van der Waals surface area contributed by atoms with E-state index in [2.05, 4.69) is 30.4 Å². The highest BCUT2D eigenvalue weighted by atomic mass is 35.5. The topological polar surface area (TPSA) is 162 Å². The fourth-order valence-electron chi connectivity index (χ4n) is 5.91. The molecule has 0 unspecified atom stereocenters. The molecule has 15 nitrogen and oxygen atoms in total. The summed E-state index contributed by atoms with van der Waals surface area (Å²) in [6.07, 6.45) is 0.233. The predicted octanol–water partition coefficient (Wildman–Crippen LogP) is 3.38. The average molecular weight is 717 g/mol. The normalized spacial score (nSPS) is 15.1. The molecule has 1 fully saturated rings. The Hall–Kier alpha value is -5.26. The van der Waals surface area contributed by atoms with E-state index in [1.54, 1.807) is 11.8 Å². The van der Waals surface area contributed by atoms with Crippen molar-refractivity contribution in [3.8, 4) is 5.75 Å². The van der Waals surface area contributed by atoms with E-state index in [0.29, 0.717) is 29.8 Å². The summed E-state index contributed by atoms with van der Waals surface area (Å²) in [4.78, 5) is 60.7. The lowest BCUT2D eigenvalue weighted by Crippen LogP contribution is -2.51. The number of aromatic nitrogens is 7. The number of halogens is 4. The zero-order valence-electron chi connectivity index (χ0n) is 27.3. The molecule has 0 bridgehead atoms. The number of ether oxygens (including phenoxy) is 2. The number of anilines is 2. The summed E-state index contributed by atoms with van der Waals surface area (Å²) in [7, 11) is 1.44. The highest BCUT2D eigenvalue weighted by Crippen LogP contribution is 2.31. The Morgan fingerprint density at radius 2 is 1.88 bits per heavy atom. The van der Waals surface area contributed by atoms with Crippen LogP contribution in [0.2, 0.25) is 5.15 Å². The standard InChI is InChI=1S/C31H32ClF3N10O5/c1-4-19-24(42-10-12-43(13-11-42)28(47)23-25(49-3)17(2)36-16-37-23)29(48)45-30(40-27(41-45)20-7-5-6-14-50-20)44(19)15-22(46)38-18-8-9-21(31(33,34)35)39-26(18)32/h7-9,16H,4-6,10-15H2,1-3H3,(H,38,46). The molecule has 50 heavy (non-hydrogen) atoms. The summed E-state index contributed by atoms with van der Waals surface area (Å²) >= 11 is 6.00. The Morgan fingerprint density at radius 1 is 1.12 bits per heavy atom. The Morgan fingerprint density at radius 3 is 2.52 bits per heavy atom. The van der Waals surface area contributed by atoms with Crippen LogP contribution < -0.4 is 20.5 Å². The van der Waals surface area contributed by atoms with Crippen molar-refractivity contribution in [2.45, 2.75) is 45.8 Å². The molecule has 2 aliphatic heterocycles. The van der Waals surface area contributed by atoms with E-state index < -0.39 is 35.0 Å². The minimum atomic E-state index is -4.72. The number of methoxy groups -OCH3 is 1. The Balaban J connectivity index is 1.34. The molecule has 0 spiro atoms. The van der Waals surface area contributed by atoms with E-state index in [4.69, 9.17) is 21.1 Å². The van der Waals surface area contributed by atoms with Gasteiger partial charge in [-0.2, -0.15) is 22.7 Å². The smallest absolute Gasteiger partial charge is 0.433 e. The number of amides is 2. The number of nitrogens with one attached hydrogen (secondary N) is 1. The van der Waals surface area contributed by atoms with Crippen LogP contribution >= 0.6 is 11.6 Å². The number of pyridine rings is 1. The van der Waals surface area contributed by atoms with Crippen LogP contribution in [0.5, 0.6) is 5.75 Å². The highest BCUT2D eigenvalue weighted by molar-refractivity contribution is 6.32. The largest absolute Gasteiger partial charge is 0.492 e. The molecule has 1 saturated heterocycles. The Labute approximate surface area is 287 Å². The van der Waals surface area contributed by atoms with Crippen molar-refractivity contribution >= 4 is 46.3 Å². The second-order valence-corrected chi connectivity index (χ2v) is 11.8. The van der Waals surface area contributed by atoms with Gasteiger partial charge in [-0.25, -0.2) is 15.0 Å². The molecular weight excluding hydrogens is 685 g/mol. The van der Waals surface area contributed by atoms with Gasteiger partial charge in [0, 0.05) is 26.2 Å². The van der Waals surface area contributed by atoms with E-state index >= 15 is 0 Å². The third-order valence-corrected chi connectivity index (χ3v) is 8.59. The zero-order valence-corrected chi connectivity index (χ0v) is 28.0. The van der Waals surface area contributed by atoms with E-state index in [9.17, 15) is 27.6 Å². The second-order valence-electron chi connectivity index (χ2n) is 11.4. The van der Waals surface area contributed by atoms with Gasteiger partial charge in [-0.05, 0) is 44.4 Å². The molecule has 0 atom stereocenters. The number of hydrogen-bond donors (Lipinski definition) is 1. The van der Waals surface area contributed by atoms with Crippen molar-refractivity contribution in [3.63, 3.8) is 0 Å². The van der Waals surface area contributed by atoms with Crippen molar-refractivity contribution in [3.05, 3.63) is 68.6 Å². The lowest BCUT2D eigenvalue weighted by atomic mass is 10.2. The fourth-order valence-corrected chi connectivity index (χ4v) is 6.11. The number of carbonyl (C=O) groups excluding carboxylic acids is 2. The van der Waals surface area contributed by atoms with Crippen molar-refractivity contribution in [1.82, 2.24) is 39.0 Å². The number of piperazine rings is 1. The van der Waals surface area contributed by atoms with Gasteiger partial charge in [0.15, 0.2) is 22.4 Å². The van der Waals surface area contributed by atoms with E-state index in [1.807, 2.05) is 17.9 Å². The summed E-state index contributed by atoms with van der Waals surface area (Å²) in [6, 6.07) is 1.73. The van der Waals surface area contributed by atoms with Gasteiger partial charge in [-0.3, -0.25) is 14.4 Å². The molecule has 264 valence electrons. The molecule has 0 aliphatic carbocycles. The SMILES string of the molecule is CCc1c(N2CCN(C(=O)c3ncnc(C)c3OC)CC2)c(=O)n2nc(C3=CCCCO3)nc2n1CC(=O)Nc1ccc(C(F)(F)F)nc1Cl. The van der Waals surface area contributed by atoms with Crippen LogP contribution in [0.15, 0.2) is 29.3 Å². The molecular formula is C31H32ClF3N10O5. The first-order valence-corrected chi connectivity index (χ1v) is 16.1. The van der Waals surface area contributed by atoms with Crippen molar-refractivity contribution < 1.29 is 32.2 Å². The predicted molar refractivity (Wildman–Crippen MR) is 174 cm³/mol. The first-order chi connectivity index (χ1) is 23.9. The molecule has 6 rings (SSSR count). The number of alkyl halides is 3. The maximum Gasteiger partial charge on any atom is 0.433 e. The summed E-state index contributed by atoms with van der Waals surface area (Å²) in [5, 5.41) is 6.44. The number of allylic oxidation sites excluding steroid dienone is 1. The van der Waals surface area contributed by atoms with Gasteiger partial charge in [-0.1, -0.05) is 18.5 Å². The molecule has 1 N–H and O–H groups in total. The van der Waals surface area contributed by atoms with Crippen molar-refractivity contribution in [2.75, 3.05) is 50.1 Å². The molecule has 6 heterocycles. The number of hydrogen-bond acceptors (Lipinski definition) is 11. The lowest BCUT2D eigenvalue weighted by Gasteiger charge is -2.36. The first-order valence-electron chi connectivity index (χ1n) is 15.7. The van der Waals surface area contributed by atoms with Gasteiger partial charge >= 0.3 is 6.18 Å². The minimum absolute atomic E-state index is 0.0625. The third kappa shape index (κ3) is 6.66. The number of nitrogens with zero attached hydrogens (tertiary/aromatic N) is 9. The summed E-state index contributed by atoms with van der Waals surface area (Å²) < 4.78 is 53.1. The van der Waals surface area contributed by atoms with Gasteiger partial charge in [0.1, 0.15) is 24.3 Å². The van der Waals surface area contributed by atoms with Crippen LogP contribution in [0.25, 0.3) is 11.5 Å². The van der Waals surface area contributed by atoms with Crippen LogP contribution in [0, 0.1) is 6.92 Å². The molecule has 2 amide bonds. The fraction of sp³-hybridized carbons (Fsp3) is 0.419. The van der Waals surface area contributed by atoms with Gasteiger partial charge in [0.25, 0.3) is 11.5 Å². The molecule has 0 radical (unpaired) electrons.